The fourth-order valence-corrected chi connectivity index (χ4v) is 3.56. The Labute approximate surface area is 115 Å². The maximum atomic E-state index is 4.72. The Hall–Kier alpha value is -0.610. The molecule has 1 aliphatic heterocycles. The first kappa shape index (κ1) is 13.8. The zero-order chi connectivity index (χ0) is 13.0. The third-order valence-corrected chi connectivity index (χ3v) is 4.83. The number of nitrogens with one attached hydrogen (secondary N) is 1. The molecule has 2 heterocycles. The van der Waals surface area contributed by atoms with Crippen LogP contribution in [-0.2, 0) is 6.54 Å². The van der Waals surface area contributed by atoms with Crippen molar-refractivity contribution in [1.82, 2.24) is 10.3 Å². The Morgan fingerprint density at radius 2 is 2.28 bits per heavy atom. The summed E-state index contributed by atoms with van der Waals surface area (Å²) in [6.07, 6.45) is 4.01. The van der Waals surface area contributed by atoms with Crippen molar-refractivity contribution in [1.29, 1.82) is 0 Å². The molecule has 1 unspecified atom stereocenters. The van der Waals surface area contributed by atoms with Crippen LogP contribution in [0.2, 0.25) is 0 Å². The number of hydrogen-bond acceptors (Lipinski definition) is 4. The third kappa shape index (κ3) is 3.45. The normalized spacial score (nSPS) is 21.3. The first-order valence-electron chi connectivity index (χ1n) is 7.04. The molecule has 0 aromatic carbocycles. The predicted molar refractivity (Wildman–Crippen MR) is 79.3 cm³/mol. The molecule has 1 aliphatic rings. The van der Waals surface area contributed by atoms with Crippen molar-refractivity contribution >= 4 is 16.5 Å². The van der Waals surface area contributed by atoms with Gasteiger partial charge in [-0.2, -0.15) is 0 Å². The minimum atomic E-state index is 0.820. The van der Waals surface area contributed by atoms with Gasteiger partial charge in [0.2, 0.25) is 0 Å². The average Bonchev–Trinajstić information content (AvgIpc) is 2.65. The summed E-state index contributed by atoms with van der Waals surface area (Å²) < 4.78 is 0. The summed E-state index contributed by atoms with van der Waals surface area (Å²) in [4.78, 5) is 7.20. The zero-order valence-electron chi connectivity index (χ0n) is 11.8. The fourth-order valence-electron chi connectivity index (χ4n) is 2.68. The number of anilines is 1. The topological polar surface area (TPSA) is 28.2 Å². The quantitative estimate of drug-likeness (QED) is 0.908. The number of nitrogens with zero attached hydrogens (tertiary/aromatic N) is 2. The Morgan fingerprint density at radius 1 is 1.44 bits per heavy atom. The molecule has 0 amide bonds. The molecule has 0 spiro atoms. The zero-order valence-corrected chi connectivity index (χ0v) is 12.6. The van der Waals surface area contributed by atoms with Crippen molar-refractivity contribution in [3.8, 4) is 0 Å². The van der Waals surface area contributed by atoms with Crippen molar-refractivity contribution in [2.45, 2.75) is 39.7 Å². The number of rotatable bonds is 4. The highest BCUT2D eigenvalue weighted by Crippen LogP contribution is 2.28. The molecule has 1 saturated heterocycles. The Morgan fingerprint density at radius 3 is 3.00 bits per heavy atom. The highest BCUT2D eigenvalue weighted by molar-refractivity contribution is 7.13. The number of thiazole rings is 1. The lowest BCUT2D eigenvalue weighted by atomic mass is 9.89. The van der Waals surface area contributed by atoms with Gasteiger partial charge in [0.25, 0.3) is 0 Å². The van der Waals surface area contributed by atoms with Gasteiger partial charge in [0.1, 0.15) is 0 Å². The summed E-state index contributed by atoms with van der Waals surface area (Å²) in [5.74, 6) is 1.72. The van der Waals surface area contributed by atoms with Crippen LogP contribution in [0.5, 0.6) is 0 Å². The largest absolute Gasteiger partial charge is 0.348 e. The van der Waals surface area contributed by atoms with E-state index in [-0.39, 0.29) is 0 Å². The van der Waals surface area contributed by atoms with Crippen molar-refractivity contribution in [2.75, 3.05) is 25.0 Å². The maximum Gasteiger partial charge on any atom is 0.185 e. The number of hydrogen-bond donors (Lipinski definition) is 1. The van der Waals surface area contributed by atoms with Gasteiger partial charge in [0.05, 0.1) is 5.69 Å². The predicted octanol–water partition coefficient (Wildman–Crippen LogP) is 3.13. The van der Waals surface area contributed by atoms with Crippen molar-refractivity contribution in [3.05, 3.63) is 11.1 Å². The minimum Gasteiger partial charge on any atom is -0.348 e. The summed E-state index contributed by atoms with van der Waals surface area (Å²) >= 11 is 1.79. The molecule has 0 radical (unpaired) electrons. The third-order valence-electron chi connectivity index (χ3n) is 3.88. The van der Waals surface area contributed by atoms with Gasteiger partial charge in [-0.1, -0.05) is 13.8 Å². The van der Waals surface area contributed by atoms with Crippen LogP contribution in [0.15, 0.2) is 5.38 Å². The molecular weight excluding hydrogens is 242 g/mol. The second-order valence-electron chi connectivity index (χ2n) is 5.57. The summed E-state index contributed by atoms with van der Waals surface area (Å²) in [6.45, 7) is 7.94. The maximum absolute atomic E-state index is 4.72. The van der Waals surface area contributed by atoms with E-state index in [2.05, 4.69) is 29.4 Å². The molecule has 1 N–H and O–H groups in total. The first-order valence-corrected chi connectivity index (χ1v) is 7.92. The van der Waals surface area contributed by atoms with Crippen LogP contribution >= 0.6 is 11.3 Å². The van der Waals surface area contributed by atoms with Crippen molar-refractivity contribution in [3.63, 3.8) is 0 Å². The second-order valence-corrected chi connectivity index (χ2v) is 6.41. The first-order chi connectivity index (χ1) is 8.70. The molecule has 1 fully saturated rings. The average molecular weight is 267 g/mol. The molecule has 1 aromatic heterocycles. The van der Waals surface area contributed by atoms with Gasteiger partial charge in [-0.05, 0) is 38.1 Å². The van der Waals surface area contributed by atoms with E-state index in [4.69, 9.17) is 4.98 Å². The Bertz CT molecular complexity index is 362. The van der Waals surface area contributed by atoms with Crippen LogP contribution in [0, 0.1) is 11.8 Å². The van der Waals surface area contributed by atoms with E-state index in [0.29, 0.717) is 0 Å². The van der Waals surface area contributed by atoms with Crippen molar-refractivity contribution < 1.29 is 0 Å². The molecular formula is C14H25N3S. The molecule has 1 atom stereocenters. The van der Waals surface area contributed by atoms with E-state index in [0.717, 1.165) is 18.4 Å². The van der Waals surface area contributed by atoms with Gasteiger partial charge in [-0.3, -0.25) is 0 Å². The van der Waals surface area contributed by atoms with Crippen LogP contribution in [0.25, 0.3) is 0 Å². The number of aromatic nitrogens is 1. The van der Waals surface area contributed by atoms with Gasteiger partial charge in [0, 0.05) is 25.0 Å². The van der Waals surface area contributed by atoms with E-state index in [9.17, 15) is 0 Å². The van der Waals surface area contributed by atoms with Crippen LogP contribution in [-0.4, -0.2) is 25.1 Å². The SMILES string of the molecule is CNCc1csc(N2CCCC(C(C)C)CC2)n1. The lowest BCUT2D eigenvalue weighted by Crippen LogP contribution is -2.24. The van der Waals surface area contributed by atoms with Crippen LogP contribution in [0.4, 0.5) is 5.13 Å². The van der Waals surface area contributed by atoms with Gasteiger partial charge in [-0.25, -0.2) is 4.98 Å². The molecule has 2 rings (SSSR count). The molecule has 0 saturated carbocycles. The molecule has 3 nitrogen and oxygen atoms in total. The summed E-state index contributed by atoms with van der Waals surface area (Å²) in [7, 11) is 1.97. The van der Waals surface area contributed by atoms with Crippen molar-refractivity contribution in [2.24, 2.45) is 11.8 Å². The van der Waals surface area contributed by atoms with Gasteiger partial charge in [-0.15, -0.1) is 11.3 Å². The van der Waals surface area contributed by atoms with Gasteiger partial charge < -0.3 is 10.2 Å². The minimum absolute atomic E-state index is 0.820. The van der Waals surface area contributed by atoms with Crippen LogP contribution in [0.1, 0.15) is 38.8 Å². The smallest absolute Gasteiger partial charge is 0.185 e. The Balaban J connectivity index is 1.96. The molecule has 0 bridgehead atoms. The van der Waals surface area contributed by atoms with E-state index < -0.39 is 0 Å². The van der Waals surface area contributed by atoms with E-state index in [1.54, 1.807) is 11.3 Å². The summed E-state index contributed by atoms with van der Waals surface area (Å²) in [6, 6.07) is 0. The molecule has 102 valence electrons. The highest BCUT2D eigenvalue weighted by atomic mass is 32.1. The molecule has 1 aromatic rings. The summed E-state index contributed by atoms with van der Waals surface area (Å²) in [5.41, 5.74) is 1.17. The Kier molecular flexibility index (Phi) is 5.01. The van der Waals surface area contributed by atoms with E-state index in [1.807, 2.05) is 7.05 Å². The fraction of sp³-hybridized carbons (Fsp3) is 0.786. The lowest BCUT2D eigenvalue weighted by molar-refractivity contribution is 0.351. The standard InChI is InChI=1S/C14H25N3S/c1-11(2)12-5-4-7-17(8-6-12)14-16-13(9-15-3)10-18-14/h10-12,15H,4-9H2,1-3H3. The van der Waals surface area contributed by atoms with Crippen LogP contribution < -0.4 is 10.2 Å². The van der Waals surface area contributed by atoms with E-state index in [1.165, 1.54) is 43.2 Å². The second kappa shape index (κ2) is 6.53. The highest BCUT2D eigenvalue weighted by Gasteiger charge is 2.20. The lowest BCUT2D eigenvalue weighted by Gasteiger charge is -2.20. The van der Waals surface area contributed by atoms with E-state index >= 15 is 0 Å². The van der Waals surface area contributed by atoms with Gasteiger partial charge >= 0.3 is 0 Å². The monoisotopic (exact) mass is 267 g/mol. The van der Waals surface area contributed by atoms with Gasteiger partial charge in [0.15, 0.2) is 5.13 Å². The summed E-state index contributed by atoms with van der Waals surface area (Å²) in [5, 5.41) is 6.55. The molecule has 4 heteroatoms. The molecule has 18 heavy (non-hydrogen) atoms. The van der Waals surface area contributed by atoms with Crippen LogP contribution in [0.3, 0.4) is 0 Å². The molecule has 0 aliphatic carbocycles.